The highest BCUT2D eigenvalue weighted by atomic mass is 16.5. The minimum Gasteiger partial charge on any atom is -0.493 e. The van der Waals surface area contributed by atoms with E-state index in [1.54, 1.807) is 0 Å². The van der Waals surface area contributed by atoms with Gasteiger partial charge in [0, 0.05) is 32.3 Å². The molecule has 1 aromatic carbocycles. The van der Waals surface area contributed by atoms with Crippen molar-refractivity contribution in [3.8, 4) is 5.75 Å². The summed E-state index contributed by atoms with van der Waals surface area (Å²) in [6.07, 6.45) is 3.43. The molecule has 2 aromatic rings. The zero-order valence-corrected chi connectivity index (χ0v) is 13.7. The van der Waals surface area contributed by atoms with Crippen LogP contribution in [0, 0.1) is 6.92 Å². The van der Waals surface area contributed by atoms with E-state index in [0.717, 1.165) is 36.8 Å². The lowest BCUT2D eigenvalue weighted by atomic mass is 10.1. The molecule has 0 bridgehead atoms. The highest BCUT2D eigenvalue weighted by molar-refractivity contribution is 5.76. The van der Waals surface area contributed by atoms with Gasteiger partial charge < -0.3 is 14.2 Å². The zero-order valence-electron chi connectivity index (χ0n) is 13.7. The van der Waals surface area contributed by atoms with Gasteiger partial charge in [-0.1, -0.05) is 18.2 Å². The SMILES string of the molecule is Cc1cn(C)c([C@H]2CCN(C(=O)CCOc3ccccc3)C2)n1. The third-order valence-electron chi connectivity index (χ3n) is 4.27. The smallest absolute Gasteiger partial charge is 0.226 e. The number of likely N-dealkylation sites (tertiary alicyclic amines) is 1. The predicted molar refractivity (Wildman–Crippen MR) is 88.4 cm³/mol. The molecule has 3 rings (SSSR count). The van der Waals surface area contributed by atoms with E-state index in [9.17, 15) is 4.79 Å². The van der Waals surface area contributed by atoms with Gasteiger partial charge in [-0.2, -0.15) is 0 Å². The highest BCUT2D eigenvalue weighted by Gasteiger charge is 2.29. The van der Waals surface area contributed by atoms with Crippen molar-refractivity contribution in [1.82, 2.24) is 14.5 Å². The van der Waals surface area contributed by atoms with Gasteiger partial charge in [0.25, 0.3) is 0 Å². The Balaban J connectivity index is 1.48. The second kappa shape index (κ2) is 6.86. The summed E-state index contributed by atoms with van der Waals surface area (Å²) in [4.78, 5) is 18.8. The number of aryl methyl sites for hydroxylation is 2. The summed E-state index contributed by atoms with van der Waals surface area (Å²) in [7, 11) is 2.02. The van der Waals surface area contributed by atoms with Gasteiger partial charge in [0.15, 0.2) is 0 Å². The number of hydrogen-bond donors (Lipinski definition) is 0. The summed E-state index contributed by atoms with van der Waals surface area (Å²) in [5.41, 5.74) is 1.03. The molecule has 5 heteroatoms. The first-order valence-electron chi connectivity index (χ1n) is 8.09. The molecule has 1 aromatic heterocycles. The maximum Gasteiger partial charge on any atom is 0.226 e. The number of benzene rings is 1. The molecule has 0 saturated carbocycles. The quantitative estimate of drug-likeness (QED) is 0.852. The first-order chi connectivity index (χ1) is 11.1. The van der Waals surface area contributed by atoms with Crippen LogP contribution in [0.3, 0.4) is 0 Å². The van der Waals surface area contributed by atoms with Crippen LogP contribution in [-0.2, 0) is 11.8 Å². The number of amides is 1. The Bertz CT molecular complexity index is 666. The Kier molecular flexibility index (Phi) is 4.65. The van der Waals surface area contributed by atoms with E-state index in [1.165, 1.54) is 0 Å². The van der Waals surface area contributed by atoms with E-state index in [-0.39, 0.29) is 5.91 Å². The molecule has 0 N–H and O–H groups in total. The predicted octanol–water partition coefficient (Wildman–Crippen LogP) is 2.51. The average Bonchev–Trinajstić information content (AvgIpc) is 3.14. The summed E-state index contributed by atoms with van der Waals surface area (Å²) in [6.45, 7) is 3.99. The molecule has 5 nitrogen and oxygen atoms in total. The Morgan fingerprint density at radius 2 is 2.13 bits per heavy atom. The van der Waals surface area contributed by atoms with Gasteiger partial charge in [0.05, 0.1) is 18.7 Å². The fourth-order valence-corrected chi connectivity index (χ4v) is 3.14. The minimum absolute atomic E-state index is 0.161. The van der Waals surface area contributed by atoms with E-state index in [0.29, 0.717) is 18.9 Å². The number of hydrogen-bond acceptors (Lipinski definition) is 3. The Morgan fingerprint density at radius 3 is 2.83 bits per heavy atom. The molecule has 1 amide bonds. The fraction of sp³-hybridized carbons (Fsp3) is 0.444. The summed E-state index contributed by atoms with van der Waals surface area (Å²) >= 11 is 0. The van der Waals surface area contributed by atoms with Crippen LogP contribution in [0.15, 0.2) is 36.5 Å². The first-order valence-corrected chi connectivity index (χ1v) is 8.09. The number of carbonyl (C=O) groups is 1. The van der Waals surface area contributed by atoms with Crippen molar-refractivity contribution in [1.29, 1.82) is 0 Å². The van der Waals surface area contributed by atoms with Gasteiger partial charge in [-0.15, -0.1) is 0 Å². The van der Waals surface area contributed by atoms with Gasteiger partial charge in [0.2, 0.25) is 5.91 Å². The maximum atomic E-state index is 12.3. The van der Waals surface area contributed by atoms with Crippen LogP contribution in [0.25, 0.3) is 0 Å². The van der Waals surface area contributed by atoms with Gasteiger partial charge in [-0.05, 0) is 25.5 Å². The second-order valence-corrected chi connectivity index (χ2v) is 6.09. The van der Waals surface area contributed by atoms with E-state index in [2.05, 4.69) is 9.55 Å². The lowest BCUT2D eigenvalue weighted by Gasteiger charge is -2.16. The van der Waals surface area contributed by atoms with Crippen LogP contribution < -0.4 is 4.74 Å². The largest absolute Gasteiger partial charge is 0.493 e. The van der Waals surface area contributed by atoms with Gasteiger partial charge in [-0.3, -0.25) is 4.79 Å². The number of rotatable bonds is 5. The highest BCUT2D eigenvalue weighted by Crippen LogP contribution is 2.26. The topological polar surface area (TPSA) is 47.4 Å². The van der Waals surface area contributed by atoms with Crippen molar-refractivity contribution >= 4 is 5.91 Å². The number of ether oxygens (including phenoxy) is 1. The lowest BCUT2D eigenvalue weighted by molar-refractivity contribution is -0.130. The molecule has 122 valence electrons. The van der Waals surface area contributed by atoms with E-state index in [1.807, 2.05) is 55.4 Å². The van der Waals surface area contributed by atoms with Crippen molar-refractivity contribution < 1.29 is 9.53 Å². The van der Waals surface area contributed by atoms with Crippen LogP contribution in [0.1, 0.15) is 30.3 Å². The molecule has 0 radical (unpaired) electrons. The number of imidazole rings is 1. The van der Waals surface area contributed by atoms with E-state index < -0.39 is 0 Å². The molecule has 1 fully saturated rings. The molecular formula is C18H23N3O2. The van der Waals surface area contributed by atoms with Crippen molar-refractivity contribution in [3.63, 3.8) is 0 Å². The maximum absolute atomic E-state index is 12.3. The first kappa shape index (κ1) is 15.6. The summed E-state index contributed by atoms with van der Waals surface area (Å²) in [5.74, 6) is 2.39. The van der Waals surface area contributed by atoms with Crippen molar-refractivity contribution in [2.45, 2.75) is 25.7 Å². The summed E-state index contributed by atoms with van der Waals surface area (Å²) in [6, 6.07) is 9.61. The van der Waals surface area contributed by atoms with Crippen LogP contribution in [0.2, 0.25) is 0 Å². The molecular weight excluding hydrogens is 290 g/mol. The number of para-hydroxylation sites is 1. The second-order valence-electron chi connectivity index (χ2n) is 6.09. The monoisotopic (exact) mass is 313 g/mol. The van der Waals surface area contributed by atoms with Crippen LogP contribution in [0.4, 0.5) is 0 Å². The lowest BCUT2D eigenvalue weighted by Crippen LogP contribution is -2.29. The van der Waals surface area contributed by atoms with Crippen LogP contribution >= 0.6 is 0 Å². The minimum atomic E-state index is 0.161. The molecule has 2 heterocycles. The standard InChI is InChI=1S/C18H23N3O2/c1-14-12-20(2)18(19-14)15-8-10-21(13-15)17(22)9-11-23-16-6-4-3-5-7-16/h3-7,12,15H,8-11,13H2,1-2H3/t15-/m0/s1. The Labute approximate surface area is 136 Å². The molecule has 1 aliphatic rings. The molecule has 1 atom stereocenters. The summed E-state index contributed by atoms with van der Waals surface area (Å²) in [5, 5.41) is 0. The van der Waals surface area contributed by atoms with Gasteiger partial charge in [0.1, 0.15) is 11.6 Å². The van der Waals surface area contributed by atoms with Crippen LogP contribution in [0.5, 0.6) is 5.75 Å². The number of carbonyl (C=O) groups excluding carboxylic acids is 1. The molecule has 0 unspecified atom stereocenters. The molecule has 0 spiro atoms. The van der Waals surface area contributed by atoms with Gasteiger partial charge >= 0.3 is 0 Å². The molecule has 1 aliphatic heterocycles. The number of aromatic nitrogens is 2. The Hall–Kier alpha value is -2.30. The third kappa shape index (κ3) is 3.73. The normalized spacial score (nSPS) is 17.5. The molecule has 1 saturated heterocycles. The Morgan fingerprint density at radius 1 is 1.35 bits per heavy atom. The summed E-state index contributed by atoms with van der Waals surface area (Å²) < 4.78 is 7.68. The van der Waals surface area contributed by atoms with Gasteiger partial charge in [-0.25, -0.2) is 4.98 Å². The van der Waals surface area contributed by atoms with Crippen molar-refractivity contribution in [3.05, 3.63) is 48.0 Å². The third-order valence-corrected chi connectivity index (χ3v) is 4.27. The van der Waals surface area contributed by atoms with Crippen molar-refractivity contribution in [2.24, 2.45) is 7.05 Å². The fourth-order valence-electron chi connectivity index (χ4n) is 3.14. The van der Waals surface area contributed by atoms with Crippen LogP contribution in [-0.4, -0.2) is 40.1 Å². The van der Waals surface area contributed by atoms with Crippen molar-refractivity contribution in [2.75, 3.05) is 19.7 Å². The zero-order chi connectivity index (χ0) is 16.2. The van der Waals surface area contributed by atoms with E-state index in [4.69, 9.17) is 4.74 Å². The molecule has 0 aliphatic carbocycles. The number of nitrogens with zero attached hydrogens (tertiary/aromatic N) is 3. The average molecular weight is 313 g/mol. The molecule has 23 heavy (non-hydrogen) atoms. The van der Waals surface area contributed by atoms with E-state index >= 15 is 0 Å².